The number of methoxy groups -OCH3 is 2. The summed E-state index contributed by atoms with van der Waals surface area (Å²) in [5, 5.41) is 0. The van der Waals surface area contributed by atoms with E-state index in [9.17, 15) is 9.59 Å². The number of carbonyl (C=O) groups excluding carboxylic acids is 2. The van der Waals surface area contributed by atoms with E-state index in [1.54, 1.807) is 0 Å². The van der Waals surface area contributed by atoms with Gasteiger partial charge in [-0.2, -0.15) is 0 Å². The van der Waals surface area contributed by atoms with Gasteiger partial charge in [-0.3, -0.25) is 9.59 Å². The first kappa shape index (κ1) is 11.6. The van der Waals surface area contributed by atoms with Crippen LogP contribution in [0.2, 0.25) is 0 Å². The lowest BCUT2D eigenvalue weighted by Crippen LogP contribution is -3.02. The third-order valence-electron chi connectivity index (χ3n) is 8.53. The van der Waals surface area contributed by atoms with Crippen LogP contribution in [-0.2, 0) is 19.1 Å². The molecular formula is C16H20O4. The van der Waals surface area contributed by atoms with Crippen LogP contribution in [0.15, 0.2) is 0 Å². The Balaban J connectivity index is 1.59. The van der Waals surface area contributed by atoms with Gasteiger partial charge in [-0.05, 0) is 46.3 Å². The minimum absolute atomic E-state index is 0.199. The molecular weight excluding hydrogens is 256 g/mol. The molecule has 6 rings (SSSR count). The molecule has 6 aliphatic carbocycles. The monoisotopic (exact) mass is 276 g/mol. The lowest BCUT2D eigenvalue weighted by molar-refractivity contribution is -0.573. The summed E-state index contributed by atoms with van der Waals surface area (Å²) in [5.74, 6) is 2.45. The summed E-state index contributed by atoms with van der Waals surface area (Å²) >= 11 is 0. The lowest BCUT2D eigenvalue weighted by Gasteiger charge is -3.03. The molecule has 0 amide bonds. The summed E-state index contributed by atoms with van der Waals surface area (Å²) in [6.45, 7) is 4.80. The molecule has 6 unspecified atom stereocenters. The van der Waals surface area contributed by atoms with Crippen LogP contribution in [0.4, 0.5) is 0 Å². The van der Waals surface area contributed by atoms with E-state index in [1.807, 2.05) is 0 Å². The Hall–Kier alpha value is -1.06. The maximum Gasteiger partial charge on any atom is 0.309 e. The summed E-state index contributed by atoms with van der Waals surface area (Å²) in [6.07, 6.45) is 0. The number of hydrogen-bond donors (Lipinski definition) is 0. The zero-order chi connectivity index (χ0) is 14.2. The van der Waals surface area contributed by atoms with Gasteiger partial charge < -0.3 is 9.47 Å². The Morgan fingerprint density at radius 2 is 1.05 bits per heavy atom. The standard InChI is InChI=1S/C16H20O4/c1-15-9-7-5(13(17)19-3)6(14(18)20-4)8-11(9)16(15,2)12(8)10(7)15/h5-12H,1-4H3. The minimum Gasteiger partial charge on any atom is -0.469 e. The molecule has 0 spiro atoms. The molecule has 0 aromatic rings. The van der Waals surface area contributed by atoms with Crippen LogP contribution in [0.5, 0.6) is 0 Å². The quantitative estimate of drug-likeness (QED) is 0.714. The SMILES string of the molecule is COC(=O)C1C(C(=O)OC)C2C3C4C1C1C2C3(C)C41C. The second-order valence-electron chi connectivity index (χ2n) is 7.92. The van der Waals surface area contributed by atoms with E-state index in [0.29, 0.717) is 46.3 Å². The first-order valence-electron chi connectivity index (χ1n) is 7.62. The Kier molecular flexibility index (Phi) is 1.62. The van der Waals surface area contributed by atoms with Crippen molar-refractivity contribution >= 4 is 11.9 Å². The van der Waals surface area contributed by atoms with Crippen LogP contribution < -0.4 is 0 Å². The highest BCUT2D eigenvalue weighted by molar-refractivity contribution is 5.85. The van der Waals surface area contributed by atoms with Crippen molar-refractivity contribution in [2.75, 3.05) is 14.2 Å². The fraction of sp³-hybridized carbons (Fsp3) is 0.875. The van der Waals surface area contributed by atoms with Crippen molar-refractivity contribution in [2.24, 2.45) is 58.2 Å². The fourth-order valence-corrected chi connectivity index (χ4v) is 8.20. The molecule has 108 valence electrons. The molecule has 4 nitrogen and oxygen atoms in total. The molecule has 0 radical (unpaired) electrons. The summed E-state index contributed by atoms with van der Waals surface area (Å²) < 4.78 is 10.0. The van der Waals surface area contributed by atoms with Crippen molar-refractivity contribution in [3.8, 4) is 0 Å². The predicted molar refractivity (Wildman–Crippen MR) is 68.2 cm³/mol. The fourth-order valence-electron chi connectivity index (χ4n) is 8.20. The van der Waals surface area contributed by atoms with Gasteiger partial charge >= 0.3 is 11.9 Å². The molecule has 0 heterocycles. The summed E-state index contributed by atoms with van der Waals surface area (Å²) in [4.78, 5) is 24.5. The second-order valence-corrected chi connectivity index (χ2v) is 7.92. The number of hydrogen-bond acceptors (Lipinski definition) is 4. The molecule has 6 fully saturated rings. The zero-order valence-corrected chi connectivity index (χ0v) is 12.3. The van der Waals surface area contributed by atoms with E-state index in [1.165, 1.54) is 14.2 Å². The number of esters is 2. The maximum absolute atomic E-state index is 12.2. The van der Waals surface area contributed by atoms with Gasteiger partial charge in [-0.1, -0.05) is 13.8 Å². The van der Waals surface area contributed by atoms with E-state index in [-0.39, 0.29) is 23.8 Å². The Morgan fingerprint density at radius 3 is 1.30 bits per heavy atom. The van der Waals surface area contributed by atoms with Gasteiger partial charge in [-0.25, -0.2) is 0 Å². The van der Waals surface area contributed by atoms with Crippen LogP contribution in [0.25, 0.3) is 0 Å². The average molecular weight is 276 g/mol. The van der Waals surface area contributed by atoms with Crippen LogP contribution in [-0.4, -0.2) is 26.2 Å². The molecule has 0 aliphatic heterocycles. The van der Waals surface area contributed by atoms with Gasteiger partial charge in [-0.15, -0.1) is 0 Å². The second kappa shape index (κ2) is 2.79. The van der Waals surface area contributed by atoms with Crippen LogP contribution in [0.1, 0.15) is 13.8 Å². The molecule has 6 aliphatic rings. The third-order valence-corrected chi connectivity index (χ3v) is 8.53. The van der Waals surface area contributed by atoms with Gasteiger partial charge in [0.1, 0.15) is 0 Å². The zero-order valence-electron chi connectivity index (χ0n) is 12.3. The Bertz CT molecular complexity index is 497. The minimum atomic E-state index is -0.252. The summed E-state index contributed by atoms with van der Waals surface area (Å²) in [5.41, 5.74) is 0.910. The van der Waals surface area contributed by atoms with Crippen LogP contribution in [0, 0.1) is 58.2 Å². The van der Waals surface area contributed by atoms with Gasteiger partial charge in [0, 0.05) is 0 Å². The summed E-state index contributed by atoms with van der Waals surface area (Å²) in [6, 6.07) is 0. The highest BCUT2D eigenvalue weighted by atomic mass is 16.5. The smallest absolute Gasteiger partial charge is 0.309 e. The van der Waals surface area contributed by atoms with Crippen molar-refractivity contribution in [1.82, 2.24) is 0 Å². The van der Waals surface area contributed by atoms with Crippen LogP contribution in [0.3, 0.4) is 0 Å². The van der Waals surface area contributed by atoms with Gasteiger partial charge in [0.15, 0.2) is 0 Å². The first-order chi connectivity index (χ1) is 9.46. The van der Waals surface area contributed by atoms with Gasteiger partial charge in [0.25, 0.3) is 0 Å². The van der Waals surface area contributed by atoms with E-state index >= 15 is 0 Å². The molecule has 0 aromatic carbocycles. The van der Waals surface area contributed by atoms with Crippen molar-refractivity contribution in [3.63, 3.8) is 0 Å². The van der Waals surface area contributed by atoms with Crippen LogP contribution >= 0.6 is 0 Å². The van der Waals surface area contributed by atoms with Crippen molar-refractivity contribution in [1.29, 1.82) is 0 Å². The third kappa shape index (κ3) is 0.674. The topological polar surface area (TPSA) is 52.6 Å². The predicted octanol–water partition coefficient (Wildman–Crippen LogP) is 1.34. The Labute approximate surface area is 118 Å². The first-order valence-corrected chi connectivity index (χ1v) is 7.62. The molecule has 20 heavy (non-hydrogen) atoms. The Morgan fingerprint density at radius 1 is 0.750 bits per heavy atom. The highest BCUT2D eigenvalue weighted by Gasteiger charge is 3.01. The average Bonchev–Trinajstić information content (AvgIpc) is 2.49. The van der Waals surface area contributed by atoms with E-state index in [4.69, 9.17) is 9.47 Å². The number of ether oxygens (including phenoxy) is 2. The van der Waals surface area contributed by atoms with E-state index in [2.05, 4.69) is 13.8 Å². The number of rotatable bonds is 2. The normalized spacial score (nSPS) is 65.8. The molecule has 4 heteroatoms. The van der Waals surface area contributed by atoms with Crippen molar-refractivity contribution < 1.29 is 19.1 Å². The molecule has 6 saturated carbocycles. The van der Waals surface area contributed by atoms with Crippen molar-refractivity contribution in [2.45, 2.75) is 13.8 Å². The lowest BCUT2D eigenvalue weighted by atomic mass is 9.00. The summed E-state index contributed by atoms with van der Waals surface area (Å²) in [7, 11) is 2.86. The number of fused-ring (bicyclic) bond motifs is 1. The number of carbonyl (C=O) groups is 2. The molecule has 0 saturated heterocycles. The van der Waals surface area contributed by atoms with E-state index < -0.39 is 0 Å². The highest BCUT2D eigenvalue weighted by Crippen LogP contribution is 3.03. The molecule has 6 atom stereocenters. The molecule has 2 bridgehead atoms. The largest absolute Gasteiger partial charge is 0.469 e. The maximum atomic E-state index is 12.2. The molecule has 0 N–H and O–H groups in total. The van der Waals surface area contributed by atoms with Gasteiger partial charge in [0.2, 0.25) is 0 Å². The van der Waals surface area contributed by atoms with E-state index in [0.717, 1.165) is 0 Å². The van der Waals surface area contributed by atoms with Gasteiger partial charge in [0.05, 0.1) is 26.1 Å². The molecule has 0 aromatic heterocycles. The van der Waals surface area contributed by atoms with Crippen molar-refractivity contribution in [3.05, 3.63) is 0 Å².